The molecule has 0 bridgehead atoms. The Morgan fingerprint density at radius 1 is 1.00 bits per heavy atom. The smallest absolute Gasteiger partial charge is 0.275 e. The predicted molar refractivity (Wildman–Crippen MR) is 128 cm³/mol. The quantitative estimate of drug-likeness (QED) is 0.596. The van der Waals surface area contributed by atoms with Crippen molar-refractivity contribution in [2.75, 3.05) is 50.7 Å². The Hall–Kier alpha value is -3.26. The van der Waals surface area contributed by atoms with Gasteiger partial charge in [-0.3, -0.25) is 14.5 Å². The molecule has 8 nitrogen and oxygen atoms in total. The molecule has 1 unspecified atom stereocenters. The van der Waals surface area contributed by atoms with Gasteiger partial charge in [0.25, 0.3) is 5.56 Å². The van der Waals surface area contributed by atoms with Gasteiger partial charge in [0.1, 0.15) is 12.4 Å². The third-order valence-electron chi connectivity index (χ3n) is 6.78. The Bertz CT molecular complexity index is 1160. The monoisotopic (exact) mass is 446 g/mol. The number of anilines is 1. The van der Waals surface area contributed by atoms with Crippen LogP contribution >= 0.6 is 0 Å². The number of hydrogen-bond donors (Lipinski definition) is 0. The SMILES string of the molecule is O=C(Cn1ncc2ccccc2c1=O)N1CCCC(CN2CCN(c3ccccn3)CC2)C1. The van der Waals surface area contributed by atoms with Gasteiger partial charge in [-0.05, 0) is 37.0 Å². The van der Waals surface area contributed by atoms with Gasteiger partial charge >= 0.3 is 0 Å². The molecule has 3 aromatic rings. The summed E-state index contributed by atoms with van der Waals surface area (Å²) in [6.07, 6.45) is 5.65. The number of hydrogen-bond acceptors (Lipinski definition) is 6. The van der Waals surface area contributed by atoms with E-state index in [-0.39, 0.29) is 18.0 Å². The first-order valence-electron chi connectivity index (χ1n) is 11.8. The molecule has 2 aliphatic heterocycles. The molecule has 0 radical (unpaired) electrons. The van der Waals surface area contributed by atoms with Crippen molar-refractivity contribution in [3.05, 3.63) is 65.2 Å². The van der Waals surface area contributed by atoms with Crippen LogP contribution in [0.25, 0.3) is 10.8 Å². The van der Waals surface area contributed by atoms with Crippen LogP contribution in [-0.4, -0.2) is 76.3 Å². The molecule has 2 aromatic heterocycles. The lowest BCUT2D eigenvalue weighted by atomic mass is 9.97. The van der Waals surface area contributed by atoms with Crippen molar-refractivity contribution in [3.8, 4) is 0 Å². The van der Waals surface area contributed by atoms with Crippen LogP contribution < -0.4 is 10.5 Å². The van der Waals surface area contributed by atoms with E-state index in [1.54, 1.807) is 12.3 Å². The molecule has 0 aliphatic carbocycles. The first-order chi connectivity index (χ1) is 16.2. The van der Waals surface area contributed by atoms with Gasteiger partial charge in [-0.2, -0.15) is 5.10 Å². The van der Waals surface area contributed by atoms with Crippen LogP contribution in [0.3, 0.4) is 0 Å². The maximum Gasteiger partial charge on any atom is 0.275 e. The summed E-state index contributed by atoms with van der Waals surface area (Å²) in [5, 5.41) is 5.62. The Kier molecular flexibility index (Phi) is 6.35. The van der Waals surface area contributed by atoms with Crippen molar-refractivity contribution >= 4 is 22.5 Å². The zero-order chi connectivity index (χ0) is 22.6. The van der Waals surface area contributed by atoms with Crippen LogP contribution in [0.5, 0.6) is 0 Å². The highest BCUT2D eigenvalue weighted by Crippen LogP contribution is 2.20. The second-order valence-electron chi connectivity index (χ2n) is 9.02. The first kappa shape index (κ1) is 21.6. The molecule has 0 spiro atoms. The molecule has 5 rings (SSSR count). The zero-order valence-corrected chi connectivity index (χ0v) is 18.8. The number of benzene rings is 1. The van der Waals surface area contributed by atoms with Crippen molar-refractivity contribution in [1.29, 1.82) is 0 Å². The van der Waals surface area contributed by atoms with Crippen molar-refractivity contribution in [1.82, 2.24) is 24.6 Å². The fourth-order valence-corrected chi connectivity index (χ4v) is 4.97. The van der Waals surface area contributed by atoms with Gasteiger partial charge in [-0.1, -0.05) is 24.3 Å². The number of likely N-dealkylation sites (tertiary alicyclic amines) is 1. The first-order valence-corrected chi connectivity index (χ1v) is 11.8. The predicted octanol–water partition coefficient (Wildman–Crippen LogP) is 1.85. The third kappa shape index (κ3) is 4.90. The van der Waals surface area contributed by atoms with Crippen molar-refractivity contribution < 1.29 is 4.79 Å². The zero-order valence-electron chi connectivity index (χ0n) is 18.8. The molecule has 2 aliphatic rings. The van der Waals surface area contributed by atoms with Crippen molar-refractivity contribution in [2.45, 2.75) is 19.4 Å². The van der Waals surface area contributed by atoms with Crippen LogP contribution in [0, 0.1) is 5.92 Å². The number of carbonyl (C=O) groups excluding carboxylic acids is 1. The average molecular weight is 447 g/mol. The summed E-state index contributed by atoms with van der Waals surface area (Å²) in [4.78, 5) is 36.9. The molecule has 172 valence electrons. The van der Waals surface area contributed by atoms with Crippen LogP contribution in [0.15, 0.2) is 59.7 Å². The number of fused-ring (bicyclic) bond motifs is 1. The fourth-order valence-electron chi connectivity index (χ4n) is 4.97. The van der Waals surface area contributed by atoms with Crippen LogP contribution in [-0.2, 0) is 11.3 Å². The number of nitrogens with zero attached hydrogens (tertiary/aromatic N) is 6. The van der Waals surface area contributed by atoms with E-state index in [0.717, 1.165) is 69.9 Å². The largest absolute Gasteiger partial charge is 0.354 e. The van der Waals surface area contributed by atoms with E-state index in [0.29, 0.717) is 11.3 Å². The lowest BCUT2D eigenvalue weighted by Crippen LogP contribution is -2.50. The number of amides is 1. The van der Waals surface area contributed by atoms with Crippen molar-refractivity contribution in [3.63, 3.8) is 0 Å². The highest BCUT2D eigenvalue weighted by molar-refractivity contribution is 5.81. The minimum absolute atomic E-state index is 0.000856. The molecule has 0 saturated carbocycles. The standard InChI is InChI=1S/C25H30N6O2/c32-24(19-31-25(33)22-8-2-1-7-21(22)16-27-31)30-11-5-6-20(18-30)17-28-12-14-29(15-13-28)23-9-3-4-10-26-23/h1-4,7-10,16,20H,5-6,11-15,17-19H2. The van der Waals surface area contributed by atoms with Gasteiger partial charge in [0.05, 0.1) is 11.6 Å². The summed E-state index contributed by atoms with van der Waals surface area (Å²) in [6, 6.07) is 13.4. The Balaban J connectivity index is 1.15. The molecule has 0 N–H and O–H groups in total. The van der Waals surface area contributed by atoms with E-state index in [1.807, 2.05) is 41.4 Å². The van der Waals surface area contributed by atoms with Crippen molar-refractivity contribution in [2.24, 2.45) is 5.92 Å². The van der Waals surface area contributed by atoms with Gasteiger partial charge in [0.2, 0.25) is 5.91 Å². The molecule has 1 aromatic carbocycles. The van der Waals surface area contributed by atoms with Gasteiger partial charge in [0.15, 0.2) is 0 Å². The Morgan fingerprint density at radius 3 is 2.64 bits per heavy atom. The molecule has 2 fully saturated rings. The number of pyridine rings is 1. The van der Waals surface area contributed by atoms with E-state index in [2.05, 4.69) is 25.9 Å². The van der Waals surface area contributed by atoms with Crippen LogP contribution in [0.2, 0.25) is 0 Å². The number of aromatic nitrogens is 3. The van der Waals surface area contributed by atoms with Crippen LogP contribution in [0.4, 0.5) is 5.82 Å². The molecule has 8 heteroatoms. The lowest BCUT2D eigenvalue weighted by Gasteiger charge is -2.39. The van der Waals surface area contributed by atoms with Gasteiger partial charge < -0.3 is 9.80 Å². The number of carbonyl (C=O) groups is 1. The summed E-state index contributed by atoms with van der Waals surface area (Å²) < 4.78 is 1.30. The van der Waals surface area contributed by atoms with Crippen LogP contribution in [0.1, 0.15) is 12.8 Å². The summed E-state index contributed by atoms with van der Waals surface area (Å²) in [5.74, 6) is 1.49. The van der Waals surface area contributed by atoms with Gasteiger partial charge in [-0.25, -0.2) is 9.67 Å². The number of piperidine rings is 1. The average Bonchev–Trinajstić information content (AvgIpc) is 2.87. The molecular formula is C25H30N6O2. The molecule has 1 amide bonds. The summed E-state index contributed by atoms with van der Waals surface area (Å²) in [5.41, 5.74) is -0.208. The molecule has 4 heterocycles. The summed E-state index contributed by atoms with van der Waals surface area (Å²) in [6.45, 7) is 6.49. The van der Waals surface area contributed by atoms with Gasteiger partial charge in [-0.15, -0.1) is 0 Å². The van der Waals surface area contributed by atoms with Gasteiger partial charge in [0, 0.05) is 57.4 Å². The fraction of sp³-hybridized carbons (Fsp3) is 0.440. The minimum Gasteiger partial charge on any atom is -0.354 e. The third-order valence-corrected chi connectivity index (χ3v) is 6.78. The summed E-state index contributed by atoms with van der Waals surface area (Å²) in [7, 11) is 0. The number of piperazine rings is 1. The topological polar surface area (TPSA) is 74.6 Å². The highest BCUT2D eigenvalue weighted by Gasteiger charge is 2.27. The minimum atomic E-state index is -0.208. The second-order valence-corrected chi connectivity index (χ2v) is 9.02. The maximum absolute atomic E-state index is 13.0. The molecule has 2 saturated heterocycles. The highest BCUT2D eigenvalue weighted by atomic mass is 16.2. The lowest BCUT2D eigenvalue weighted by molar-refractivity contribution is -0.134. The van der Waals surface area contributed by atoms with E-state index in [1.165, 1.54) is 4.68 Å². The summed E-state index contributed by atoms with van der Waals surface area (Å²) >= 11 is 0. The van der Waals surface area contributed by atoms with E-state index >= 15 is 0 Å². The van der Waals surface area contributed by atoms with E-state index in [4.69, 9.17) is 0 Å². The van der Waals surface area contributed by atoms with E-state index in [9.17, 15) is 9.59 Å². The Morgan fingerprint density at radius 2 is 1.82 bits per heavy atom. The molecular weight excluding hydrogens is 416 g/mol. The molecule has 1 atom stereocenters. The maximum atomic E-state index is 13.0. The normalized spacial score (nSPS) is 19.7. The van der Waals surface area contributed by atoms with E-state index < -0.39 is 0 Å². The Labute approximate surface area is 193 Å². The molecule has 33 heavy (non-hydrogen) atoms. The number of rotatable bonds is 5. The second kappa shape index (κ2) is 9.70.